The van der Waals surface area contributed by atoms with Gasteiger partial charge in [-0.3, -0.25) is 4.79 Å². The quantitative estimate of drug-likeness (QED) is 0.834. The van der Waals surface area contributed by atoms with Crippen LogP contribution in [0, 0.1) is 0 Å². The molecule has 1 heterocycles. The number of rotatable bonds is 5. The minimum atomic E-state index is -0.653. The van der Waals surface area contributed by atoms with E-state index in [-0.39, 0.29) is 6.61 Å². The number of benzene rings is 1. The highest BCUT2D eigenvalue weighted by Gasteiger charge is 2.16. The van der Waals surface area contributed by atoms with E-state index in [4.69, 9.17) is 10.5 Å². The normalized spacial score (nSPS) is 12.1. The van der Waals surface area contributed by atoms with Gasteiger partial charge >= 0.3 is 5.97 Å². The molecular weight excluding hydrogens is 248 g/mol. The van der Waals surface area contributed by atoms with Gasteiger partial charge in [0.2, 0.25) is 0 Å². The summed E-state index contributed by atoms with van der Waals surface area (Å²) in [6, 6.07) is 8.87. The molecule has 1 atom stereocenters. The summed E-state index contributed by atoms with van der Waals surface area (Å²) in [5, 5.41) is 2.70. The van der Waals surface area contributed by atoms with Crippen molar-refractivity contribution in [2.45, 2.75) is 19.1 Å². The Morgan fingerprint density at radius 2 is 2.17 bits per heavy atom. The Balaban J connectivity index is 1.81. The summed E-state index contributed by atoms with van der Waals surface area (Å²) in [6.45, 7) is 0.255. The smallest absolute Gasteiger partial charge is 0.323 e. The maximum absolute atomic E-state index is 11.7. The lowest BCUT2D eigenvalue weighted by atomic mass is 10.2. The first-order chi connectivity index (χ1) is 8.75. The zero-order valence-electron chi connectivity index (χ0n) is 9.78. The molecule has 0 saturated heterocycles. The van der Waals surface area contributed by atoms with Crippen LogP contribution in [0.2, 0.25) is 0 Å². The lowest BCUT2D eigenvalue weighted by molar-refractivity contribution is -0.146. The summed E-state index contributed by atoms with van der Waals surface area (Å²) in [5.74, 6) is -0.394. The number of aromatic nitrogens is 1. The average molecular weight is 262 g/mol. The number of ether oxygens (including phenoxy) is 1. The van der Waals surface area contributed by atoms with Crippen LogP contribution in [-0.4, -0.2) is 17.0 Å². The average Bonchev–Trinajstić information content (AvgIpc) is 2.90. The van der Waals surface area contributed by atoms with Gasteiger partial charge in [-0.1, -0.05) is 30.3 Å². The molecule has 0 aliphatic rings. The van der Waals surface area contributed by atoms with Gasteiger partial charge in [-0.15, -0.1) is 11.3 Å². The van der Waals surface area contributed by atoms with Crippen molar-refractivity contribution in [3.05, 3.63) is 52.5 Å². The number of hydrogen-bond acceptors (Lipinski definition) is 5. The van der Waals surface area contributed by atoms with Gasteiger partial charge in [0, 0.05) is 18.0 Å². The molecule has 0 spiro atoms. The molecule has 0 fully saturated rings. The Labute approximate surface area is 109 Å². The maximum atomic E-state index is 11.7. The summed E-state index contributed by atoms with van der Waals surface area (Å²) in [5.41, 5.74) is 6.72. The number of hydrogen-bond donors (Lipinski definition) is 1. The number of carbonyl (C=O) groups is 1. The number of thiazole rings is 1. The summed E-state index contributed by atoms with van der Waals surface area (Å²) < 4.78 is 5.15. The number of carbonyl (C=O) groups excluding carboxylic acids is 1. The largest absolute Gasteiger partial charge is 0.460 e. The Hall–Kier alpha value is -1.72. The lowest BCUT2D eigenvalue weighted by Crippen LogP contribution is -2.34. The van der Waals surface area contributed by atoms with Gasteiger partial charge in [-0.2, -0.15) is 0 Å². The molecule has 0 aliphatic heterocycles. The highest BCUT2D eigenvalue weighted by molar-refractivity contribution is 7.09. The predicted octanol–water partition coefficient (Wildman–Crippen LogP) is 1.76. The molecule has 1 aromatic heterocycles. The van der Waals surface area contributed by atoms with Gasteiger partial charge in [0.15, 0.2) is 0 Å². The molecule has 0 saturated carbocycles. The molecule has 18 heavy (non-hydrogen) atoms. The SMILES string of the molecule is N[C@H](Cc1nccs1)C(=O)OCc1ccccc1. The molecule has 2 aromatic rings. The Morgan fingerprint density at radius 3 is 2.83 bits per heavy atom. The fourth-order valence-corrected chi connectivity index (χ4v) is 2.14. The molecule has 0 unspecified atom stereocenters. The van der Waals surface area contributed by atoms with Crippen molar-refractivity contribution in [3.63, 3.8) is 0 Å². The second kappa shape index (κ2) is 6.28. The number of nitrogens with zero attached hydrogens (tertiary/aromatic N) is 1. The van der Waals surface area contributed by atoms with Crippen LogP contribution in [-0.2, 0) is 22.6 Å². The van der Waals surface area contributed by atoms with Gasteiger partial charge in [-0.05, 0) is 5.56 Å². The molecule has 2 rings (SSSR count). The topological polar surface area (TPSA) is 65.2 Å². The third-order valence-electron chi connectivity index (χ3n) is 2.40. The second-order valence-corrected chi connectivity index (χ2v) is 4.81. The third-order valence-corrected chi connectivity index (χ3v) is 3.21. The molecule has 1 aromatic carbocycles. The Bertz CT molecular complexity index is 485. The van der Waals surface area contributed by atoms with E-state index in [2.05, 4.69) is 4.98 Å². The third kappa shape index (κ3) is 3.65. The van der Waals surface area contributed by atoms with Crippen molar-refractivity contribution in [1.82, 2.24) is 4.98 Å². The zero-order chi connectivity index (χ0) is 12.8. The van der Waals surface area contributed by atoms with Gasteiger partial charge in [0.05, 0.1) is 5.01 Å². The minimum Gasteiger partial charge on any atom is -0.460 e. The van der Waals surface area contributed by atoms with Gasteiger partial charge < -0.3 is 10.5 Å². The maximum Gasteiger partial charge on any atom is 0.323 e. The summed E-state index contributed by atoms with van der Waals surface area (Å²) in [4.78, 5) is 15.8. The van der Waals surface area contributed by atoms with E-state index in [1.54, 1.807) is 6.20 Å². The highest BCUT2D eigenvalue weighted by Crippen LogP contribution is 2.08. The first-order valence-electron chi connectivity index (χ1n) is 5.60. The minimum absolute atomic E-state index is 0.255. The van der Waals surface area contributed by atoms with E-state index >= 15 is 0 Å². The fraction of sp³-hybridized carbons (Fsp3) is 0.231. The van der Waals surface area contributed by atoms with E-state index in [1.165, 1.54) is 11.3 Å². The first-order valence-corrected chi connectivity index (χ1v) is 6.48. The summed E-state index contributed by atoms with van der Waals surface area (Å²) in [7, 11) is 0. The monoisotopic (exact) mass is 262 g/mol. The predicted molar refractivity (Wildman–Crippen MR) is 70.0 cm³/mol. The molecule has 2 N–H and O–H groups in total. The van der Waals surface area contributed by atoms with E-state index < -0.39 is 12.0 Å². The molecule has 0 radical (unpaired) electrons. The standard InChI is InChI=1S/C13H14N2O2S/c14-11(8-12-15-6-7-18-12)13(16)17-9-10-4-2-1-3-5-10/h1-7,11H,8-9,14H2/t11-/m1/s1. The van der Waals surface area contributed by atoms with Crippen LogP contribution in [0.4, 0.5) is 0 Å². The fourth-order valence-electron chi connectivity index (χ4n) is 1.46. The van der Waals surface area contributed by atoms with Gasteiger partial charge in [0.1, 0.15) is 12.6 Å². The molecule has 0 amide bonds. The molecule has 4 nitrogen and oxygen atoms in total. The summed E-state index contributed by atoms with van der Waals surface area (Å²) >= 11 is 1.48. The molecule has 5 heteroatoms. The van der Waals surface area contributed by atoms with Crippen molar-refractivity contribution < 1.29 is 9.53 Å². The van der Waals surface area contributed by atoms with Crippen LogP contribution in [0.5, 0.6) is 0 Å². The van der Waals surface area contributed by atoms with E-state index in [1.807, 2.05) is 35.7 Å². The van der Waals surface area contributed by atoms with Crippen LogP contribution >= 0.6 is 11.3 Å². The van der Waals surface area contributed by atoms with Crippen molar-refractivity contribution in [3.8, 4) is 0 Å². The molecule has 0 bridgehead atoms. The molecule has 0 aliphatic carbocycles. The highest BCUT2D eigenvalue weighted by atomic mass is 32.1. The second-order valence-electron chi connectivity index (χ2n) is 3.83. The van der Waals surface area contributed by atoms with Gasteiger partial charge in [0.25, 0.3) is 0 Å². The number of nitrogens with two attached hydrogens (primary N) is 1. The van der Waals surface area contributed by atoms with Crippen LogP contribution in [0.3, 0.4) is 0 Å². The van der Waals surface area contributed by atoms with Crippen LogP contribution in [0.15, 0.2) is 41.9 Å². The lowest BCUT2D eigenvalue weighted by Gasteiger charge is -2.10. The van der Waals surface area contributed by atoms with Crippen LogP contribution in [0.1, 0.15) is 10.6 Å². The van der Waals surface area contributed by atoms with Crippen molar-refractivity contribution in [1.29, 1.82) is 0 Å². The molecule has 94 valence electrons. The first kappa shape index (κ1) is 12.7. The van der Waals surface area contributed by atoms with E-state index in [0.717, 1.165) is 10.6 Å². The van der Waals surface area contributed by atoms with Crippen LogP contribution < -0.4 is 5.73 Å². The molecular formula is C13H14N2O2S. The van der Waals surface area contributed by atoms with Crippen molar-refractivity contribution in [2.75, 3.05) is 0 Å². The van der Waals surface area contributed by atoms with Crippen LogP contribution in [0.25, 0.3) is 0 Å². The van der Waals surface area contributed by atoms with E-state index in [0.29, 0.717) is 6.42 Å². The van der Waals surface area contributed by atoms with Gasteiger partial charge in [-0.25, -0.2) is 4.98 Å². The Kier molecular flexibility index (Phi) is 4.44. The van der Waals surface area contributed by atoms with Crippen molar-refractivity contribution in [2.24, 2.45) is 5.73 Å². The Morgan fingerprint density at radius 1 is 1.39 bits per heavy atom. The number of esters is 1. The summed E-state index contributed by atoms with van der Waals surface area (Å²) in [6.07, 6.45) is 2.12. The van der Waals surface area contributed by atoms with E-state index in [9.17, 15) is 4.79 Å². The van der Waals surface area contributed by atoms with Crippen molar-refractivity contribution >= 4 is 17.3 Å². The zero-order valence-corrected chi connectivity index (χ0v) is 10.6.